The minimum atomic E-state index is 0.190. The Morgan fingerprint density at radius 1 is 1.27 bits per heavy atom. The van der Waals surface area contributed by atoms with Gasteiger partial charge in [-0.1, -0.05) is 51.1 Å². The van der Waals surface area contributed by atoms with Crippen molar-refractivity contribution in [1.29, 1.82) is 0 Å². The number of halogens is 2. The molecule has 0 bridgehead atoms. The maximum atomic E-state index is 4.27. The Kier molecular flexibility index (Phi) is 12.0. The van der Waals surface area contributed by atoms with Crippen molar-refractivity contribution in [3.8, 4) is 0 Å². The normalized spacial score (nSPS) is 9.93. The van der Waals surface area contributed by atoms with Crippen LogP contribution in [-0.4, -0.2) is 6.21 Å². The second-order valence-electron chi connectivity index (χ2n) is 2.92. The third kappa shape index (κ3) is 7.58. The minimum absolute atomic E-state index is 0.190. The summed E-state index contributed by atoms with van der Waals surface area (Å²) in [7, 11) is 0. The Morgan fingerprint density at radius 3 is 2.13 bits per heavy atom. The number of nitrogens with zero attached hydrogens (tertiary/aromatic N) is 1. The van der Waals surface area contributed by atoms with Crippen molar-refractivity contribution in [2.24, 2.45) is 4.99 Å². The number of benzene rings is 1. The van der Waals surface area contributed by atoms with E-state index in [0.29, 0.717) is 0 Å². The molecule has 0 aromatic heterocycles. The van der Waals surface area contributed by atoms with Crippen LogP contribution in [0.4, 0.5) is 5.69 Å². The number of hydrogen-bond acceptors (Lipinski definition) is 1. The molecule has 1 rings (SSSR count). The molecule has 0 fully saturated rings. The molecule has 1 aromatic carbocycles. The fourth-order valence-electron chi connectivity index (χ4n) is 1.14. The molecule has 0 heterocycles. The van der Waals surface area contributed by atoms with E-state index in [9.17, 15) is 0 Å². The van der Waals surface area contributed by atoms with Gasteiger partial charge in [0, 0.05) is 0 Å². The van der Waals surface area contributed by atoms with Crippen LogP contribution in [0.15, 0.2) is 23.2 Å². The van der Waals surface area contributed by atoms with Crippen molar-refractivity contribution in [2.75, 3.05) is 0 Å². The molecule has 1 nitrogen and oxygen atoms in total. The van der Waals surface area contributed by atoms with Gasteiger partial charge < -0.3 is 4.99 Å². The molecule has 15 heavy (non-hydrogen) atoms. The van der Waals surface area contributed by atoms with Gasteiger partial charge in [-0.2, -0.15) is 6.21 Å². The molecule has 84 valence electrons. The van der Waals surface area contributed by atoms with Gasteiger partial charge in [0.1, 0.15) is 0 Å². The molecule has 0 radical (unpaired) electrons. The van der Waals surface area contributed by atoms with Crippen molar-refractivity contribution in [2.45, 2.75) is 27.2 Å². The van der Waals surface area contributed by atoms with E-state index in [0.717, 1.165) is 12.1 Å². The molecular weight excluding hydrogens is 550 g/mol. The van der Waals surface area contributed by atoms with Gasteiger partial charge in [0.05, 0.1) is 0 Å². The quantitative estimate of drug-likeness (QED) is 0.271. The fraction of sp³-hybridized carbons (Fsp3) is 0.364. The predicted molar refractivity (Wildman–Crippen MR) is 81.3 cm³/mol. The van der Waals surface area contributed by atoms with E-state index in [-0.39, 0.29) is 25.5 Å². The SMILES string of the molecule is CC[C-]=Nc1c(C)cccc1C.[I][Sm][I]. The summed E-state index contributed by atoms with van der Waals surface area (Å²) in [5.74, 6) is 0. The molecule has 0 aliphatic heterocycles. The van der Waals surface area contributed by atoms with Crippen LogP contribution in [0, 0.1) is 39.3 Å². The van der Waals surface area contributed by atoms with Gasteiger partial charge in [0.25, 0.3) is 0 Å². The Labute approximate surface area is 125 Å². The predicted octanol–water partition coefficient (Wildman–Crippen LogP) is 5.06. The second kappa shape index (κ2) is 10.8. The summed E-state index contributed by atoms with van der Waals surface area (Å²) in [6.45, 7) is 6.18. The first-order valence-electron chi connectivity index (χ1n) is 4.56. The fourth-order valence-corrected chi connectivity index (χ4v) is 1.14. The van der Waals surface area contributed by atoms with Crippen LogP contribution in [0.25, 0.3) is 0 Å². The van der Waals surface area contributed by atoms with E-state index in [2.05, 4.69) is 71.8 Å². The van der Waals surface area contributed by atoms with Crippen LogP contribution in [0.5, 0.6) is 0 Å². The average Bonchev–Trinajstić information content (AvgIpc) is 2.18. The molecule has 0 spiro atoms. The van der Waals surface area contributed by atoms with E-state index >= 15 is 0 Å². The Morgan fingerprint density at radius 2 is 1.73 bits per heavy atom. The summed E-state index contributed by atoms with van der Waals surface area (Å²) in [5.41, 5.74) is 3.51. The number of para-hydroxylation sites is 1. The van der Waals surface area contributed by atoms with Gasteiger partial charge in [-0.3, -0.25) is 0 Å². The Balaban J connectivity index is 0.000000583. The molecule has 1 aromatic rings. The first-order chi connectivity index (χ1) is 7.17. The van der Waals surface area contributed by atoms with Gasteiger partial charge in [-0.05, 0) is 0 Å². The second-order valence-corrected chi connectivity index (χ2v) is 22.3. The van der Waals surface area contributed by atoms with Crippen molar-refractivity contribution in [3.05, 3.63) is 29.3 Å². The molecule has 0 saturated carbocycles. The third-order valence-corrected chi connectivity index (χ3v) is 1.79. The van der Waals surface area contributed by atoms with E-state index in [1.807, 2.05) is 6.92 Å². The molecule has 0 amide bonds. The molecule has 0 unspecified atom stereocenters. The number of hydrogen-bond donors (Lipinski definition) is 0. The zero-order chi connectivity index (χ0) is 11.7. The van der Waals surface area contributed by atoms with Gasteiger partial charge in [-0.15, -0.1) is 11.1 Å². The van der Waals surface area contributed by atoms with Crippen molar-refractivity contribution < 1.29 is 25.5 Å². The molecular formula is C11H14I2NSm-. The van der Waals surface area contributed by atoms with Gasteiger partial charge in [0.2, 0.25) is 0 Å². The topological polar surface area (TPSA) is 12.4 Å². The summed E-state index contributed by atoms with van der Waals surface area (Å²) in [6, 6.07) is 6.20. The standard InChI is InChI=1S/C11H14N.2HI.Sm/c1-4-8-12-11-9(2)6-5-7-10(11)3;;;/h5-7H,4H2,1-3H3;2*1H;/q-1;;;+2/p-2. The zero-order valence-corrected chi connectivity index (χ0v) is 16.0. The average molecular weight is 564 g/mol. The molecule has 0 N–H and O–H groups in total. The number of aliphatic imine (C=N–C) groups is 1. The Hall–Kier alpha value is 1.69. The van der Waals surface area contributed by atoms with E-state index in [4.69, 9.17) is 0 Å². The van der Waals surface area contributed by atoms with Crippen molar-refractivity contribution >= 4 is 40.5 Å². The molecule has 0 aliphatic carbocycles. The molecule has 0 saturated heterocycles. The maximum absolute atomic E-state index is 4.27. The van der Waals surface area contributed by atoms with Crippen LogP contribution in [0.1, 0.15) is 24.5 Å². The van der Waals surface area contributed by atoms with E-state index < -0.39 is 0 Å². The van der Waals surface area contributed by atoms with E-state index in [1.54, 1.807) is 0 Å². The van der Waals surface area contributed by atoms with Crippen LogP contribution in [0.3, 0.4) is 0 Å². The third-order valence-electron chi connectivity index (χ3n) is 1.79. The van der Waals surface area contributed by atoms with Gasteiger partial charge in [-0.25, -0.2) is 0 Å². The molecule has 4 heteroatoms. The summed E-state index contributed by atoms with van der Waals surface area (Å²) in [5, 5.41) is 0. The number of rotatable bonds is 2. The first-order valence-corrected chi connectivity index (χ1v) is 19.6. The Bertz CT molecular complexity index is 293. The van der Waals surface area contributed by atoms with Crippen LogP contribution >= 0.6 is 28.6 Å². The summed E-state index contributed by atoms with van der Waals surface area (Å²) in [4.78, 5) is 4.27. The molecule has 0 atom stereocenters. The van der Waals surface area contributed by atoms with Crippen LogP contribution < -0.4 is 0 Å². The summed E-state index contributed by atoms with van der Waals surface area (Å²) in [6.07, 6.45) is 3.84. The van der Waals surface area contributed by atoms with Gasteiger partial charge in [0.15, 0.2) is 0 Å². The zero-order valence-electron chi connectivity index (χ0n) is 9.05. The number of aryl methyl sites for hydroxylation is 2. The van der Waals surface area contributed by atoms with Crippen LogP contribution in [0.2, 0.25) is 0 Å². The first kappa shape index (κ1) is 16.7. The van der Waals surface area contributed by atoms with Gasteiger partial charge >= 0.3 is 54.0 Å². The molecule has 0 aliphatic rings. The van der Waals surface area contributed by atoms with Crippen molar-refractivity contribution in [3.63, 3.8) is 0 Å². The van der Waals surface area contributed by atoms with E-state index in [1.165, 1.54) is 11.1 Å². The van der Waals surface area contributed by atoms with Crippen LogP contribution in [-0.2, 0) is 0 Å². The van der Waals surface area contributed by atoms with Crippen molar-refractivity contribution in [1.82, 2.24) is 0 Å². The monoisotopic (exact) mass is 566 g/mol. The summed E-state index contributed by atoms with van der Waals surface area (Å²) >= 11 is 5.07. The summed E-state index contributed by atoms with van der Waals surface area (Å²) < 4.78 is 0.